The Morgan fingerprint density at radius 3 is 2.44 bits per heavy atom. The third-order valence-corrected chi connectivity index (χ3v) is 4.74. The molecule has 0 saturated carbocycles. The van der Waals surface area contributed by atoms with Crippen LogP contribution in [0.2, 0.25) is 0 Å². The van der Waals surface area contributed by atoms with Crippen molar-refractivity contribution in [1.82, 2.24) is 0 Å². The molecule has 0 aromatic heterocycles. The molecule has 1 aliphatic heterocycles. The molecule has 1 fully saturated rings. The van der Waals surface area contributed by atoms with Crippen LogP contribution in [-0.2, 0) is 4.79 Å². The first-order chi connectivity index (χ1) is 12.2. The molecule has 1 saturated heterocycles. The van der Waals surface area contributed by atoms with Gasteiger partial charge in [0.1, 0.15) is 5.75 Å². The van der Waals surface area contributed by atoms with Crippen molar-refractivity contribution in [3.63, 3.8) is 0 Å². The van der Waals surface area contributed by atoms with Crippen molar-refractivity contribution in [1.29, 1.82) is 0 Å². The fourth-order valence-electron chi connectivity index (χ4n) is 3.19. The summed E-state index contributed by atoms with van der Waals surface area (Å²) in [5.41, 5.74) is 3.21. The van der Waals surface area contributed by atoms with E-state index in [9.17, 15) is 4.79 Å². The fraction of sp³-hybridized carbons (Fsp3) is 0.350. The molecule has 132 valence electrons. The Hall–Kier alpha value is -2.53. The standard InChI is InChI=1S/C20H25N3O2/c1-16-5-3-4-6-19(16)21-20(24)15-22-11-13-23(14-12-22)17-7-9-18(25-2)10-8-17/h3-10H,11-15H2,1-2H3,(H,21,24)/p+1. The van der Waals surface area contributed by atoms with Gasteiger partial charge in [-0.15, -0.1) is 0 Å². The number of quaternary nitrogens is 1. The molecule has 3 rings (SSSR count). The molecule has 1 amide bonds. The molecule has 1 aliphatic rings. The molecule has 0 unspecified atom stereocenters. The molecule has 0 spiro atoms. The zero-order valence-electron chi connectivity index (χ0n) is 14.9. The number of rotatable bonds is 5. The van der Waals surface area contributed by atoms with Gasteiger partial charge >= 0.3 is 0 Å². The number of ether oxygens (including phenoxy) is 1. The Morgan fingerprint density at radius 1 is 1.12 bits per heavy atom. The molecule has 0 atom stereocenters. The maximum absolute atomic E-state index is 12.3. The average Bonchev–Trinajstić information content (AvgIpc) is 2.64. The summed E-state index contributed by atoms with van der Waals surface area (Å²) >= 11 is 0. The van der Waals surface area contributed by atoms with Crippen LogP contribution >= 0.6 is 0 Å². The van der Waals surface area contributed by atoms with Crippen molar-refractivity contribution in [2.75, 3.05) is 50.1 Å². The van der Waals surface area contributed by atoms with E-state index in [4.69, 9.17) is 4.74 Å². The van der Waals surface area contributed by atoms with Gasteiger partial charge in [-0.05, 0) is 42.8 Å². The predicted octanol–water partition coefficient (Wildman–Crippen LogP) is 1.35. The molecule has 2 aromatic carbocycles. The zero-order chi connectivity index (χ0) is 17.6. The summed E-state index contributed by atoms with van der Waals surface area (Å²) in [4.78, 5) is 16.0. The van der Waals surface area contributed by atoms with Gasteiger partial charge in [0.15, 0.2) is 6.54 Å². The third kappa shape index (κ3) is 4.51. The van der Waals surface area contributed by atoms with Crippen LogP contribution < -0.4 is 19.9 Å². The van der Waals surface area contributed by atoms with Crippen molar-refractivity contribution in [2.24, 2.45) is 0 Å². The first-order valence-corrected chi connectivity index (χ1v) is 8.74. The van der Waals surface area contributed by atoms with Crippen LogP contribution in [0.15, 0.2) is 48.5 Å². The fourth-order valence-corrected chi connectivity index (χ4v) is 3.19. The largest absolute Gasteiger partial charge is 0.497 e. The number of carbonyl (C=O) groups is 1. The predicted molar refractivity (Wildman–Crippen MR) is 101 cm³/mol. The van der Waals surface area contributed by atoms with E-state index in [0.717, 1.165) is 43.2 Å². The van der Waals surface area contributed by atoms with Crippen LogP contribution in [0.5, 0.6) is 5.75 Å². The Balaban J connectivity index is 1.48. The van der Waals surface area contributed by atoms with Gasteiger partial charge in [0, 0.05) is 11.4 Å². The molecule has 0 bridgehead atoms. The number of nitrogens with zero attached hydrogens (tertiary/aromatic N) is 1. The molecule has 0 radical (unpaired) electrons. The lowest BCUT2D eigenvalue weighted by molar-refractivity contribution is -0.892. The summed E-state index contributed by atoms with van der Waals surface area (Å²) in [5, 5.41) is 3.03. The minimum atomic E-state index is 0.0854. The normalized spacial score (nSPS) is 15.0. The quantitative estimate of drug-likeness (QED) is 0.864. The van der Waals surface area contributed by atoms with Crippen LogP contribution in [-0.4, -0.2) is 45.7 Å². The number of piperazine rings is 1. The topological polar surface area (TPSA) is 46.0 Å². The molecule has 25 heavy (non-hydrogen) atoms. The van der Waals surface area contributed by atoms with E-state index in [1.165, 1.54) is 10.6 Å². The Kier molecular flexibility index (Phi) is 5.56. The second-order valence-electron chi connectivity index (χ2n) is 6.47. The molecule has 5 heteroatoms. The van der Waals surface area contributed by atoms with Crippen molar-refractivity contribution < 1.29 is 14.4 Å². The molecule has 2 N–H and O–H groups in total. The molecule has 0 aliphatic carbocycles. The van der Waals surface area contributed by atoms with Gasteiger partial charge < -0.3 is 19.9 Å². The Morgan fingerprint density at radius 2 is 1.80 bits per heavy atom. The lowest BCUT2D eigenvalue weighted by Gasteiger charge is -2.33. The van der Waals surface area contributed by atoms with Crippen molar-refractivity contribution in [3.8, 4) is 5.75 Å². The lowest BCUT2D eigenvalue weighted by atomic mass is 10.2. The Labute approximate surface area is 149 Å². The second kappa shape index (κ2) is 8.03. The van der Waals surface area contributed by atoms with Gasteiger partial charge in [-0.2, -0.15) is 0 Å². The summed E-state index contributed by atoms with van der Waals surface area (Å²) in [6.45, 7) is 6.37. The Bertz CT molecular complexity index is 707. The number of hydrogen-bond acceptors (Lipinski definition) is 3. The highest BCUT2D eigenvalue weighted by Crippen LogP contribution is 2.19. The summed E-state index contributed by atoms with van der Waals surface area (Å²) in [7, 11) is 1.68. The summed E-state index contributed by atoms with van der Waals surface area (Å²) in [6, 6.07) is 16.1. The van der Waals surface area contributed by atoms with E-state index < -0.39 is 0 Å². The van der Waals surface area contributed by atoms with E-state index >= 15 is 0 Å². The van der Waals surface area contributed by atoms with Gasteiger partial charge in [-0.3, -0.25) is 4.79 Å². The van der Waals surface area contributed by atoms with Gasteiger partial charge in [0.05, 0.1) is 33.3 Å². The maximum atomic E-state index is 12.3. The first-order valence-electron chi connectivity index (χ1n) is 8.74. The van der Waals surface area contributed by atoms with Crippen LogP contribution in [0.3, 0.4) is 0 Å². The monoisotopic (exact) mass is 340 g/mol. The molecule has 2 aromatic rings. The van der Waals surface area contributed by atoms with E-state index in [-0.39, 0.29) is 5.91 Å². The number of amides is 1. The molecular formula is C20H26N3O2+. The van der Waals surface area contributed by atoms with Crippen molar-refractivity contribution in [2.45, 2.75) is 6.92 Å². The lowest BCUT2D eigenvalue weighted by Crippen LogP contribution is -3.15. The van der Waals surface area contributed by atoms with Gasteiger partial charge in [0.25, 0.3) is 5.91 Å². The maximum Gasteiger partial charge on any atom is 0.279 e. The number of aryl methyl sites for hydroxylation is 1. The number of anilines is 2. The van der Waals surface area contributed by atoms with Gasteiger partial charge in [0.2, 0.25) is 0 Å². The highest BCUT2D eigenvalue weighted by Gasteiger charge is 2.22. The number of benzene rings is 2. The highest BCUT2D eigenvalue weighted by atomic mass is 16.5. The number of para-hydroxylation sites is 1. The van der Waals surface area contributed by atoms with E-state index in [1.54, 1.807) is 7.11 Å². The minimum Gasteiger partial charge on any atom is -0.497 e. The smallest absolute Gasteiger partial charge is 0.279 e. The minimum absolute atomic E-state index is 0.0854. The number of hydrogen-bond donors (Lipinski definition) is 2. The summed E-state index contributed by atoms with van der Waals surface area (Å²) in [6.07, 6.45) is 0. The van der Waals surface area contributed by atoms with Crippen molar-refractivity contribution >= 4 is 17.3 Å². The first kappa shape index (κ1) is 17.3. The number of nitrogens with one attached hydrogen (secondary N) is 2. The van der Waals surface area contributed by atoms with Crippen molar-refractivity contribution in [3.05, 3.63) is 54.1 Å². The highest BCUT2D eigenvalue weighted by molar-refractivity contribution is 5.92. The average molecular weight is 340 g/mol. The number of methoxy groups -OCH3 is 1. The van der Waals surface area contributed by atoms with E-state index in [2.05, 4.69) is 22.3 Å². The summed E-state index contributed by atoms with van der Waals surface area (Å²) in [5.74, 6) is 0.961. The van der Waals surface area contributed by atoms with Crippen LogP contribution in [0.1, 0.15) is 5.56 Å². The van der Waals surface area contributed by atoms with E-state index in [1.807, 2.05) is 43.3 Å². The number of carbonyl (C=O) groups excluding carboxylic acids is 1. The molecule has 5 nitrogen and oxygen atoms in total. The zero-order valence-corrected chi connectivity index (χ0v) is 14.9. The second-order valence-corrected chi connectivity index (χ2v) is 6.47. The van der Waals surface area contributed by atoms with Crippen LogP contribution in [0, 0.1) is 6.92 Å². The SMILES string of the molecule is COc1ccc(N2CC[NH+](CC(=O)Nc3ccccc3C)CC2)cc1. The van der Waals surface area contributed by atoms with Gasteiger partial charge in [-0.25, -0.2) is 0 Å². The molecule has 1 heterocycles. The van der Waals surface area contributed by atoms with Crippen LogP contribution in [0.4, 0.5) is 11.4 Å². The molecular weight excluding hydrogens is 314 g/mol. The third-order valence-electron chi connectivity index (χ3n) is 4.74. The van der Waals surface area contributed by atoms with E-state index in [0.29, 0.717) is 6.54 Å². The van der Waals surface area contributed by atoms with Crippen LogP contribution in [0.25, 0.3) is 0 Å². The summed E-state index contributed by atoms with van der Waals surface area (Å²) < 4.78 is 5.21. The van der Waals surface area contributed by atoms with Gasteiger partial charge in [-0.1, -0.05) is 18.2 Å².